The molecule has 7 heteroatoms. The van der Waals surface area contributed by atoms with Gasteiger partial charge in [-0.25, -0.2) is 4.39 Å². The Kier molecular flexibility index (Phi) is 6.20. The van der Waals surface area contributed by atoms with Crippen molar-refractivity contribution in [2.75, 3.05) is 32.2 Å². The molecule has 1 aliphatic heterocycles. The van der Waals surface area contributed by atoms with Crippen molar-refractivity contribution in [1.82, 2.24) is 4.48 Å². The zero-order valence-corrected chi connectivity index (χ0v) is 21.8. The molecule has 0 saturated heterocycles. The topological polar surface area (TPSA) is 112 Å². The molecule has 2 saturated carbocycles. The van der Waals surface area contributed by atoms with Gasteiger partial charge in [0.1, 0.15) is 22.9 Å². The standard InChI is InChI=1S/C26H34FN6.C2H6/c1-26(17-10-15(25(30)31)20(32-2)11-18(17)27)24-14-6-5-13(9-14)22(24)23-16(12-28)19(29)7-8-21(23)33(26,3)4;1-2/h7-8,10-14,22,24,28,32H,5-6,9,29H2,1-4H3,(H3,30,31);1-2H3/q+1;/t13?,14?,22-,24-,26?;/m1./s1. The maximum atomic E-state index is 15.9. The fraction of sp³-hybridized carbons (Fsp3) is 0.500. The number of benzene rings is 2. The van der Waals surface area contributed by atoms with Crippen molar-refractivity contribution in [2.24, 2.45) is 23.5 Å². The van der Waals surface area contributed by atoms with Crippen molar-refractivity contribution >= 4 is 29.1 Å². The minimum absolute atomic E-state index is 0.0749. The Labute approximate surface area is 208 Å². The number of fused-ring (bicyclic) bond motifs is 7. The monoisotopic (exact) mass is 479 g/mol. The lowest BCUT2D eigenvalue weighted by Gasteiger charge is -2.58. The normalized spacial score (nSPS) is 29.5. The van der Waals surface area contributed by atoms with Crippen LogP contribution in [0.25, 0.3) is 0 Å². The first-order valence-electron chi connectivity index (χ1n) is 12.7. The van der Waals surface area contributed by atoms with Crippen LogP contribution in [0.3, 0.4) is 0 Å². The van der Waals surface area contributed by atoms with E-state index in [2.05, 4.69) is 32.4 Å². The Morgan fingerprint density at radius 1 is 1.20 bits per heavy atom. The molecule has 2 bridgehead atoms. The molecule has 188 valence electrons. The first kappa shape index (κ1) is 25.2. The molecule has 1 heterocycles. The third-order valence-corrected chi connectivity index (χ3v) is 9.32. The number of nitrogens with two attached hydrogens (primary N) is 2. The zero-order chi connectivity index (χ0) is 25.9. The van der Waals surface area contributed by atoms with Gasteiger partial charge in [0.2, 0.25) is 0 Å². The summed E-state index contributed by atoms with van der Waals surface area (Å²) < 4.78 is 16.4. The smallest absolute Gasteiger partial charge is 0.137 e. The fourth-order valence-electron chi connectivity index (χ4n) is 7.65. The van der Waals surface area contributed by atoms with Crippen LogP contribution < -0.4 is 21.3 Å². The van der Waals surface area contributed by atoms with Gasteiger partial charge in [0.05, 0.1) is 14.1 Å². The number of hydrogen-bond donors (Lipinski definition) is 5. The van der Waals surface area contributed by atoms with E-state index in [1.54, 1.807) is 13.1 Å². The predicted molar refractivity (Wildman–Crippen MR) is 145 cm³/mol. The number of amidine groups is 1. The van der Waals surface area contributed by atoms with Gasteiger partial charge < -0.3 is 22.2 Å². The van der Waals surface area contributed by atoms with Gasteiger partial charge >= 0.3 is 0 Å². The molecule has 5 rings (SSSR count). The summed E-state index contributed by atoms with van der Waals surface area (Å²) in [6.45, 7) is 6.19. The van der Waals surface area contributed by atoms with Crippen molar-refractivity contribution in [3.8, 4) is 0 Å². The van der Waals surface area contributed by atoms with Crippen molar-refractivity contribution in [1.29, 1.82) is 10.8 Å². The molecular weight excluding hydrogens is 439 g/mol. The summed E-state index contributed by atoms with van der Waals surface area (Å²) in [5.41, 5.74) is 17.1. The van der Waals surface area contributed by atoms with Crippen LogP contribution in [0, 0.1) is 34.4 Å². The molecule has 7 N–H and O–H groups in total. The van der Waals surface area contributed by atoms with E-state index in [1.807, 2.05) is 19.9 Å². The molecule has 5 atom stereocenters. The number of anilines is 2. The van der Waals surface area contributed by atoms with E-state index < -0.39 is 5.54 Å². The zero-order valence-electron chi connectivity index (χ0n) is 21.8. The molecule has 3 unspecified atom stereocenters. The highest BCUT2D eigenvalue weighted by molar-refractivity contribution is 6.00. The van der Waals surface area contributed by atoms with Gasteiger partial charge in [-0.3, -0.25) is 9.89 Å². The SMILES string of the molecule is CC.CNc1cc(F)c(C2(C)[C@@H]3C4CCC(C4)[C@@H]3c3c(ccc(N)c3C=N)[N+]2(C)C)cc1C(=N)N. The second-order valence-corrected chi connectivity index (χ2v) is 10.7. The van der Waals surface area contributed by atoms with E-state index in [0.717, 1.165) is 24.1 Å². The van der Waals surface area contributed by atoms with Gasteiger partial charge in [0.15, 0.2) is 0 Å². The summed E-state index contributed by atoms with van der Waals surface area (Å²) in [6.07, 6.45) is 4.85. The third-order valence-electron chi connectivity index (χ3n) is 9.32. The van der Waals surface area contributed by atoms with Gasteiger partial charge in [0.25, 0.3) is 0 Å². The van der Waals surface area contributed by atoms with E-state index in [9.17, 15) is 0 Å². The number of hydrogen-bond acceptors (Lipinski definition) is 4. The van der Waals surface area contributed by atoms with Gasteiger partial charge in [-0.1, -0.05) is 13.8 Å². The molecule has 2 aliphatic carbocycles. The molecule has 35 heavy (non-hydrogen) atoms. The third kappa shape index (κ3) is 3.24. The molecule has 0 aromatic heterocycles. The second-order valence-electron chi connectivity index (χ2n) is 10.7. The van der Waals surface area contributed by atoms with Crippen LogP contribution in [0.15, 0.2) is 24.3 Å². The van der Waals surface area contributed by atoms with Crippen molar-refractivity contribution in [3.63, 3.8) is 0 Å². The Morgan fingerprint density at radius 3 is 2.46 bits per heavy atom. The van der Waals surface area contributed by atoms with Crippen molar-refractivity contribution in [2.45, 2.75) is 51.5 Å². The fourth-order valence-corrected chi connectivity index (χ4v) is 7.65. The number of nitrogens with one attached hydrogen (secondary N) is 3. The quantitative estimate of drug-likeness (QED) is 0.176. The van der Waals surface area contributed by atoms with E-state index >= 15 is 4.39 Å². The van der Waals surface area contributed by atoms with Crippen molar-refractivity contribution in [3.05, 3.63) is 52.3 Å². The minimum atomic E-state index is -0.576. The molecular formula is C28H40FN6+. The summed E-state index contributed by atoms with van der Waals surface area (Å²) in [4.78, 5) is 0. The number of rotatable bonds is 4. The summed E-state index contributed by atoms with van der Waals surface area (Å²) >= 11 is 0. The second kappa shape index (κ2) is 8.63. The molecule has 2 aromatic carbocycles. The van der Waals surface area contributed by atoms with Crippen LogP contribution in [0.5, 0.6) is 0 Å². The minimum Gasteiger partial charge on any atom is -0.398 e. The molecule has 0 amide bonds. The molecule has 2 fully saturated rings. The highest BCUT2D eigenvalue weighted by Crippen LogP contribution is 2.69. The Morgan fingerprint density at radius 2 is 1.86 bits per heavy atom. The Hall–Kier alpha value is -2.93. The van der Waals surface area contributed by atoms with Crippen LogP contribution in [-0.2, 0) is 5.54 Å². The van der Waals surface area contributed by atoms with Gasteiger partial charge in [-0.15, -0.1) is 0 Å². The van der Waals surface area contributed by atoms with Crippen LogP contribution >= 0.6 is 0 Å². The molecule has 3 aliphatic rings. The van der Waals surface area contributed by atoms with Gasteiger partial charge in [-0.2, -0.15) is 0 Å². The summed E-state index contributed by atoms with van der Waals surface area (Å²) in [6, 6.07) is 7.24. The maximum Gasteiger partial charge on any atom is 0.137 e. The number of nitrogens with zero attached hydrogens (tertiary/aromatic N) is 1. The Bertz CT molecular complexity index is 1190. The first-order valence-corrected chi connectivity index (χ1v) is 12.7. The van der Waals surface area contributed by atoms with Crippen LogP contribution in [-0.4, -0.2) is 33.2 Å². The average molecular weight is 480 g/mol. The van der Waals surface area contributed by atoms with E-state index in [0.29, 0.717) is 38.8 Å². The van der Waals surface area contributed by atoms with E-state index in [4.69, 9.17) is 22.3 Å². The number of halogens is 1. The van der Waals surface area contributed by atoms with Gasteiger partial charge in [0, 0.05) is 64.8 Å². The predicted octanol–water partition coefficient (Wildman–Crippen LogP) is 5.38. The first-order chi connectivity index (χ1) is 16.6. The number of nitrogen functional groups attached to an aromatic ring is 2. The molecule has 0 radical (unpaired) electrons. The van der Waals surface area contributed by atoms with E-state index in [1.165, 1.54) is 24.3 Å². The van der Waals surface area contributed by atoms with Crippen molar-refractivity contribution < 1.29 is 4.39 Å². The van der Waals surface area contributed by atoms with Crippen LogP contribution in [0.2, 0.25) is 0 Å². The van der Waals surface area contributed by atoms with Gasteiger partial charge in [-0.05, 0) is 56.2 Å². The lowest BCUT2D eigenvalue weighted by atomic mass is 9.59. The summed E-state index contributed by atoms with van der Waals surface area (Å²) in [7, 11) is 6.00. The molecule has 2 aromatic rings. The summed E-state index contributed by atoms with van der Waals surface area (Å²) in [5, 5.41) is 19.2. The van der Waals surface area contributed by atoms with Crippen LogP contribution in [0.1, 0.15) is 68.2 Å². The Balaban J connectivity index is 0.00000141. The number of quaternary nitrogens is 1. The maximum absolute atomic E-state index is 15.9. The average Bonchev–Trinajstić information content (AvgIpc) is 3.45. The largest absolute Gasteiger partial charge is 0.398 e. The summed E-state index contributed by atoms with van der Waals surface area (Å²) in [5.74, 6) is 1.10. The molecule has 0 spiro atoms. The lowest BCUT2D eigenvalue weighted by molar-refractivity contribution is 0.0285. The van der Waals surface area contributed by atoms with E-state index in [-0.39, 0.29) is 23.5 Å². The van der Waals surface area contributed by atoms with Crippen LogP contribution in [0.4, 0.5) is 21.5 Å². The highest BCUT2D eigenvalue weighted by Gasteiger charge is 2.67. The molecule has 6 nitrogen and oxygen atoms in total. The highest BCUT2D eigenvalue weighted by atomic mass is 19.1. The lowest BCUT2D eigenvalue weighted by Crippen LogP contribution is -2.65.